The van der Waals surface area contributed by atoms with Crippen LogP contribution in [-0.2, 0) is 4.74 Å². The molecule has 0 bridgehead atoms. The molecule has 0 atom stereocenters. The molecule has 23 heavy (non-hydrogen) atoms. The maximum atomic E-state index is 13.8. The van der Waals surface area contributed by atoms with Crippen molar-refractivity contribution in [3.8, 4) is 0 Å². The van der Waals surface area contributed by atoms with Gasteiger partial charge in [0.15, 0.2) is 11.5 Å². The third kappa shape index (κ3) is 3.87. The number of likely N-dealkylation sites (tertiary alicyclic amines) is 1. The Morgan fingerprint density at radius 3 is 2.57 bits per heavy atom. The van der Waals surface area contributed by atoms with Gasteiger partial charge in [0.25, 0.3) is 0 Å². The van der Waals surface area contributed by atoms with E-state index in [0.29, 0.717) is 11.7 Å². The number of hydrogen-bond acceptors (Lipinski definition) is 5. The standard InChI is InChI=1S/C17H24FN3O2/c1-12-10-15(18)17(20-22)16(11-12)19-13-2-6-21(7-3-13)14-4-8-23-9-5-14/h10-11,13-14,19H,2-9H2,1H3. The average Bonchev–Trinajstić information content (AvgIpc) is 2.56. The van der Waals surface area contributed by atoms with E-state index in [2.05, 4.69) is 15.4 Å². The first-order valence-electron chi connectivity index (χ1n) is 8.39. The predicted molar refractivity (Wildman–Crippen MR) is 88.7 cm³/mol. The van der Waals surface area contributed by atoms with E-state index in [-0.39, 0.29) is 11.7 Å². The van der Waals surface area contributed by atoms with Crippen molar-refractivity contribution in [2.75, 3.05) is 31.6 Å². The molecule has 6 heteroatoms. The molecule has 2 heterocycles. The molecule has 3 rings (SSSR count). The third-order valence-corrected chi connectivity index (χ3v) is 4.90. The Morgan fingerprint density at radius 2 is 1.91 bits per heavy atom. The van der Waals surface area contributed by atoms with Crippen molar-refractivity contribution in [1.82, 2.24) is 4.90 Å². The second-order valence-electron chi connectivity index (χ2n) is 6.53. The van der Waals surface area contributed by atoms with Crippen LogP contribution < -0.4 is 5.32 Å². The Morgan fingerprint density at radius 1 is 1.22 bits per heavy atom. The molecule has 0 spiro atoms. The van der Waals surface area contributed by atoms with E-state index in [9.17, 15) is 9.30 Å². The first-order valence-corrected chi connectivity index (χ1v) is 8.39. The van der Waals surface area contributed by atoms with Gasteiger partial charge in [-0.2, -0.15) is 0 Å². The summed E-state index contributed by atoms with van der Waals surface area (Å²) in [6.45, 7) is 5.59. The summed E-state index contributed by atoms with van der Waals surface area (Å²) >= 11 is 0. The van der Waals surface area contributed by atoms with Crippen LogP contribution >= 0.6 is 0 Å². The lowest BCUT2D eigenvalue weighted by Crippen LogP contribution is -2.46. The highest BCUT2D eigenvalue weighted by atomic mass is 19.1. The van der Waals surface area contributed by atoms with Gasteiger partial charge in [-0.15, -0.1) is 4.91 Å². The third-order valence-electron chi connectivity index (χ3n) is 4.90. The number of nitroso groups, excluding NO2 is 1. The van der Waals surface area contributed by atoms with Gasteiger partial charge < -0.3 is 15.0 Å². The fourth-order valence-electron chi connectivity index (χ4n) is 3.62. The van der Waals surface area contributed by atoms with E-state index in [1.807, 2.05) is 6.92 Å². The van der Waals surface area contributed by atoms with Crippen molar-refractivity contribution >= 4 is 11.4 Å². The molecule has 1 aromatic carbocycles. The zero-order valence-electron chi connectivity index (χ0n) is 13.6. The van der Waals surface area contributed by atoms with Gasteiger partial charge in [-0.1, -0.05) is 0 Å². The summed E-state index contributed by atoms with van der Waals surface area (Å²) < 4.78 is 19.2. The van der Waals surface area contributed by atoms with E-state index in [4.69, 9.17) is 4.74 Å². The SMILES string of the molecule is Cc1cc(F)c(N=O)c(NC2CCN(C3CCOCC3)CC2)c1. The van der Waals surface area contributed by atoms with Gasteiger partial charge >= 0.3 is 0 Å². The Bertz CT molecular complexity index is 553. The number of benzene rings is 1. The molecule has 2 aliphatic rings. The zero-order valence-corrected chi connectivity index (χ0v) is 13.6. The van der Waals surface area contributed by atoms with Crippen molar-refractivity contribution < 1.29 is 9.13 Å². The zero-order chi connectivity index (χ0) is 16.2. The second kappa shape index (κ2) is 7.36. The molecular weight excluding hydrogens is 297 g/mol. The summed E-state index contributed by atoms with van der Waals surface area (Å²) in [6.07, 6.45) is 4.21. The number of ether oxygens (including phenoxy) is 1. The molecule has 2 fully saturated rings. The molecule has 0 saturated carbocycles. The van der Waals surface area contributed by atoms with Crippen LogP contribution in [0.5, 0.6) is 0 Å². The summed E-state index contributed by atoms with van der Waals surface area (Å²) in [5.41, 5.74) is 1.20. The normalized spacial score (nSPS) is 21.3. The number of aryl methyl sites for hydroxylation is 1. The van der Waals surface area contributed by atoms with Gasteiger partial charge in [0, 0.05) is 38.4 Å². The maximum Gasteiger partial charge on any atom is 0.166 e. The first kappa shape index (κ1) is 16.3. The predicted octanol–water partition coefficient (Wildman–Crippen LogP) is 3.59. The molecule has 2 aliphatic heterocycles. The van der Waals surface area contributed by atoms with Crippen LogP contribution in [-0.4, -0.2) is 43.3 Å². The van der Waals surface area contributed by atoms with Gasteiger partial charge in [-0.05, 0) is 55.5 Å². The van der Waals surface area contributed by atoms with Crippen molar-refractivity contribution in [2.45, 2.75) is 44.7 Å². The van der Waals surface area contributed by atoms with Crippen molar-refractivity contribution in [3.05, 3.63) is 28.4 Å². The molecule has 0 unspecified atom stereocenters. The molecule has 5 nitrogen and oxygen atoms in total. The van der Waals surface area contributed by atoms with Crippen molar-refractivity contribution in [3.63, 3.8) is 0 Å². The number of piperidine rings is 1. The maximum absolute atomic E-state index is 13.8. The highest BCUT2D eigenvalue weighted by Crippen LogP contribution is 2.31. The van der Waals surface area contributed by atoms with E-state index >= 15 is 0 Å². The minimum atomic E-state index is -0.554. The van der Waals surface area contributed by atoms with E-state index in [1.165, 1.54) is 6.07 Å². The molecule has 2 saturated heterocycles. The van der Waals surface area contributed by atoms with Crippen LogP contribution in [0.2, 0.25) is 0 Å². The Kier molecular flexibility index (Phi) is 5.23. The van der Waals surface area contributed by atoms with Crippen LogP contribution in [0.1, 0.15) is 31.2 Å². The summed E-state index contributed by atoms with van der Waals surface area (Å²) in [5, 5.41) is 6.17. The number of nitrogens with one attached hydrogen (secondary N) is 1. The van der Waals surface area contributed by atoms with Crippen molar-refractivity contribution in [1.29, 1.82) is 0 Å². The van der Waals surface area contributed by atoms with Gasteiger partial charge in [0.1, 0.15) is 0 Å². The Labute approximate surface area is 136 Å². The molecule has 1 N–H and O–H groups in total. The number of halogens is 1. The van der Waals surface area contributed by atoms with E-state index in [1.54, 1.807) is 6.07 Å². The van der Waals surface area contributed by atoms with Crippen LogP contribution in [0.15, 0.2) is 17.3 Å². The second-order valence-corrected chi connectivity index (χ2v) is 6.53. The molecular formula is C17H24FN3O2. The fourth-order valence-corrected chi connectivity index (χ4v) is 3.62. The number of anilines is 1. The molecule has 0 aliphatic carbocycles. The topological polar surface area (TPSA) is 53.9 Å². The fraction of sp³-hybridized carbons (Fsp3) is 0.647. The molecule has 126 valence electrons. The summed E-state index contributed by atoms with van der Waals surface area (Å²) in [5.74, 6) is -0.554. The number of rotatable bonds is 4. The molecule has 0 aromatic heterocycles. The van der Waals surface area contributed by atoms with Gasteiger partial charge in [-0.25, -0.2) is 4.39 Å². The first-order chi connectivity index (χ1) is 11.2. The summed E-state index contributed by atoms with van der Waals surface area (Å²) in [4.78, 5) is 13.4. The van der Waals surface area contributed by atoms with Gasteiger partial charge in [-0.3, -0.25) is 0 Å². The largest absolute Gasteiger partial charge is 0.381 e. The summed E-state index contributed by atoms with van der Waals surface area (Å²) in [7, 11) is 0. The van der Waals surface area contributed by atoms with E-state index in [0.717, 1.165) is 57.6 Å². The van der Waals surface area contributed by atoms with Crippen LogP contribution in [0, 0.1) is 17.6 Å². The lowest BCUT2D eigenvalue weighted by atomic mass is 9.99. The Hall–Kier alpha value is -1.53. The minimum absolute atomic E-state index is 0.109. The number of nitrogens with zero attached hydrogens (tertiary/aromatic N) is 2. The van der Waals surface area contributed by atoms with E-state index < -0.39 is 5.82 Å². The van der Waals surface area contributed by atoms with Gasteiger partial charge in [0.2, 0.25) is 0 Å². The van der Waals surface area contributed by atoms with Gasteiger partial charge in [0.05, 0.1) is 5.69 Å². The smallest absolute Gasteiger partial charge is 0.166 e. The van der Waals surface area contributed by atoms with Crippen LogP contribution in [0.25, 0.3) is 0 Å². The summed E-state index contributed by atoms with van der Waals surface area (Å²) in [6, 6.07) is 4.03. The number of hydrogen-bond donors (Lipinski definition) is 1. The molecule has 1 aromatic rings. The Balaban J connectivity index is 1.59. The lowest BCUT2D eigenvalue weighted by molar-refractivity contribution is 0.0262. The average molecular weight is 321 g/mol. The highest BCUT2D eigenvalue weighted by Gasteiger charge is 2.27. The van der Waals surface area contributed by atoms with Crippen molar-refractivity contribution in [2.24, 2.45) is 5.18 Å². The quantitative estimate of drug-likeness (QED) is 0.861. The monoisotopic (exact) mass is 321 g/mol. The van der Waals surface area contributed by atoms with Crippen LogP contribution in [0.4, 0.5) is 15.8 Å². The lowest BCUT2D eigenvalue weighted by Gasteiger charge is -2.39. The molecule has 0 amide bonds. The minimum Gasteiger partial charge on any atom is -0.381 e. The highest BCUT2D eigenvalue weighted by molar-refractivity contribution is 5.67. The molecule has 0 radical (unpaired) electrons. The van der Waals surface area contributed by atoms with Crippen LogP contribution in [0.3, 0.4) is 0 Å².